The molecule has 1 N–H and O–H groups in total. The number of sulfonamides is 1. The van der Waals surface area contributed by atoms with E-state index in [4.69, 9.17) is 0 Å². The highest BCUT2D eigenvalue weighted by Crippen LogP contribution is 2.30. The summed E-state index contributed by atoms with van der Waals surface area (Å²) >= 11 is 0. The largest absolute Gasteiger partial charge is 0.316 e. The van der Waals surface area contributed by atoms with Crippen LogP contribution in [-0.4, -0.2) is 43.6 Å². The highest BCUT2D eigenvalue weighted by Gasteiger charge is 2.38. The van der Waals surface area contributed by atoms with Crippen LogP contribution in [0.2, 0.25) is 0 Å². The van der Waals surface area contributed by atoms with Gasteiger partial charge in [0.05, 0.1) is 5.25 Å². The van der Waals surface area contributed by atoms with Crippen molar-refractivity contribution in [3.8, 4) is 0 Å². The Kier molecular flexibility index (Phi) is 5.21. The zero-order valence-corrected chi connectivity index (χ0v) is 11.4. The Labute approximate surface area is 99.5 Å². The first-order valence-electron chi connectivity index (χ1n) is 6.25. The first kappa shape index (κ1) is 13.9. The molecule has 0 aromatic rings. The van der Waals surface area contributed by atoms with Crippen LogP contribution in [0.25, 0.3) is 0 Å². The van der Waals surface area contributed by atoms with E-state index in [1.807, 2.05) is 13.8 Å². The van der Waals surface area contributed by atoms with Crippen molar-refractivity contribution in [2.75, 3.05) is 19.6 Å². The van der Waals surface area contributed by atoms with E-state index in [0.717, 1.165) is 25.8 Å². The minimum atomic E-state index is -3.10. The average Bonchev–Trinajstić information content (AvgIpc) is 3.05. The summed E-state index contributed by atoms with van der Waals surface area (Å²) in [4.78, 5) is 0. The Morgan fingerprint density at radius 3 is 2.44 bits per heavy atom. The van der Waals surface area contributed by atoms with Gasteiger partial charge < -0.3 is 5.32 Å². The number of hydrogen-bond acceptors (Lipinski definition) is 3. The molecule has 1 saturated carbocycles. The molecular weight excluding hydrogens is 224 g/mol. The van der Waals surface area contributed by atoms with E-state index in [9.17, 15) is 8.42 Å². The molecular formula is C11H24N2O2S. The Bertz CT molecular complexity index is 299. The van der Waals surface area contributed by atoms with Crippen molar-refractivity contribution in [2.45, 2.75) is 51.3 Å². The number of nitrogens with one attached hydrogen (secondary N) is 1. The first-order valence-corrected chi connectivity index (χ1v) is 7.75. The maximum atomic E-state index is 12.3. The molecule has 0 heterocycles. The summed E-state index contributed by atoms with van der Waals surface area (Å²) < 4.78 is 26.3. The molecule has 5 heteroatoms. The predicted molar refractivity (Wildman–Crippen MR) is 66.9 cm³/mol. The van der Waals surface area contributed by atoms with E-state index in [1.54, 1.807) is 11.2 Å². The van der Waals surface area contributed by atoms with Gasteiger partial charge in [0.15, 0.2) is 0 Å². The summed E-state index contributed by atoms with van der Waals surface area (Å²) in [7, 11) is -3.10. The summed E-state index contributed by atoms with van der Waals surface area (Å²) in [6.45, 7) is 7.85. The minimum absolute atomic E-state index is 0.286. The van der Waals surface area contributed by atoms with Crippen LogP contribution >= 0.6 is 0 Å². The van der Waals surface area contributed by atoms with Crippen molar-refractivity contribution < 1.29 is 8.42 Å². The van der Waals surface area contributed by atoms with Gasteiger partial charge in [-0.15, -0.1) is 0 Å². The quantitative estimate of drug-likeness (QED) is 0.702. The molecule has 0 saturated heterocycles. The van der Waals surface area contributed by atoms with E-state index in [-0.39, 0.29) is 11.3 Å². The summed E-state index contributed by atoms with van der Waals surface area (Å²) in [6.07, 6.45) is 2.96. The van der Waals surface area contributed by atoms with E-state index < -0.39 is 10.0 Å². The summed E-state index contributed by atoms with van der Waals surface area (Å²) in [5, 5.41) is 2.78. The Morgan fingerprint density at radius 2 is 2.00 bits per heavy atom. The van der Waals surface area contributed by atoms with Crippen LogP contribution < -0.4 is 5.32 Å². The maximum Gasteiger partial charge on any atom is 0.218 e. The van der Waals surface area contributed by atoms with Crippen LogP contribution in [0.4, 0.5) is 0 Å². The van der Waals surface area contributed by atoms with Crippen molar-refractivity contribution in [3.05, 3.63) is 0 Å². The van der Waals surface area contributed by atoms with Gasteiger partial charge in [-0.25, -0.2) is 8.42 Å². The lowest BCUT2D eigenvalue weighted by molar-refractivity contribution is 0.395. The molecule has 96 valence electrons. The van der Waals surface area contributed by atoms with Gasteiger partial charge in [-0.3, -0.25) is 0 Å². The molecule has 0 aromatic carbocycles. The molecule has 4 nitrogen and oxygen atoms in total. The summed E-state index contributed by atoms with van der Waals surface area (Å²) in [5.74, 6) is 0. The molecule has 1 aliphatic carbocycles. The molecule has 0 aliphatic heterocycles. The lowest BCUT2D eigenvalue weighted by atomic mass is 10.4. The minimum Gasteiger partial charge on any atom is -0.316 e. The van der Waals surface area contributed by atoms with Gasteiger partial charge in [-0.1, -0.05) is 13.8 Å². The molecule has 1 rings (SSSR count). The van der Waals surface area contributed by atoms with E-state index >= 15 is 0 Å². The van der Waals surface area contributed by atoms with Crippen LogP contribution in [0.15, 0.2) is 0 Å². The molecule has 0 spiro atoms. The van der Waals surface area contributed by atoms with Gasteiger partial charge in [0.2, 0.25) is 10.0 Å². The topological polar surface area (TPSA) is 49.4 Å². The van der Waals surface area contributed by atoms with Crippen LogP contribution in [-0.2, 0) is 10.0 Å². The molecule has 1 atom stereocenters. The average molecular weight is 248 g/mol. The van der Waals surface area contributed by atoms with Gasteiger partial charge in [-0.05, 0) is 32.7 Å². The van der Waals surface area contributed by atoms with Crippen molar-refractivity contribution in [3.63, 3.8) is 0 Å². The third kappa shape index (κ3) is 3.43. The van der Waals surface area contributed by atoms with Crippen LogP contribution in [0.1, 0.15) is 40.0 Å². The van der Waals surface area contributed by atoms with Crippen molar-refractivity contribution in [1.29, 1.82) is 0 Å². The molecule has 0 amide bonds. The summed E-state index contributed by atoms with van der Waals surface area (Å²) in [5.41, 5.74) is 0. The molecule has 1 unspecified atom stereocenters. The van der Waals surface area contributed by atoms with Crippen molar-refractivity contribution in [1.82, 2.24) is 9.62 Å². The van der Waals surface area contributed by atoms with Crippen molar-refractivity contribution >= 4 is 10.0 Å². The Balaban J connectivity index is 2.64. The highest BCUT2D eigenvalue weighted by atomic mass is 32.2. The van der Waals surface area contributed by atoms with Gasteiger partial charge in [-0.2, -0.15) is 4.31 Å². The van der Waals surface area contributed by atoms with E-state index in [0.29, 0.717) is 13.1 Å². The second kappa shape index (κ2) is 5.98. The predicted octanol–water partition coefficient (Wildman–Crippen LogP) is 1.19. The van der Waals surface area contributed by atoms with Gasteiger partial charge in [0.1, 0.15) is 0 Å². The Hall–Kier alpha value is -0.130. The normalized spacial score (nSPS) is 19.0. The second-order valence-electron chi connectivity index (χ2n) is 4.51. The number of nitrogens with zero attached hydrogens (tertiary/aromatic N) is 1. The zero-order chi connectivity index (χ0) is 12.2. The fourth-order valence-corrected chi connectivity index (χ4v) is 3.64. The van der Waals surface area contributed by atoms with Gasteiger partial charge in [0, 0.05) is 19.1 Å². The van der Waals surface area contributed by atoms with E-state index in [2.05, 4.69) is 5.32 Å². The molecule has 16 heavy (non-hydrogen) atoms. The van der Waals surface area contributed by atoms with Crippen molar-refractivity contribution in [2.24, 2.45) is 0 Å². The monoisotopic (exact) mass is 248 g/mol. The molecule has 0 aromatic heterocycles. The summed E-state index contributed by atoms with van der Waals surface area (Å²) in [6, 6.07) is 0.286. The number of hydrogen-bond donors (Lipinski definition) is 1. The van der Waals surface area contributed by atoms with E-state index in [1.165, 1.54) is 0 Å². The fraction of sp³-hybridized carbons (Fsp3) is 1.00. The third-order valence-electron chi connectivity index (χ3n) is 2.92. The second-order valence-corrected chi connectivity index (χ2v) is 6.81. The van der Waals surface area contributed by atoms with Gasteiger partial charge >= 0.3 is 0 Å². The zero-order valence-electron chi connectivity index (χ0n) is 10.6. The van der Waals surface area contributed by atoms with Crippen LogP contribution in [0, 0.1) is 0 Å². The standard InChI is InChI=1S/C11H24N2O2S/c1-4-8-13(11-6-7-11)16(14,15)10(3)9-12-5-2/h10-12H,4-9H2,1-3H3. The number of rotatable bonds is 8. The first-order chi connectivity index (χ1) is 7.54. The molecule has 0 radical (unpaired) electrons. The lowest BCUT2D eigenvalue weighted by Crippen LogP contribution is -2.43. The van der Waals surface area contributed by atoms with Crippen LogP contribution in [0.5, 0.6) is 0 Å². The van der Waals surface area contributed by atoms with Gasteiger partial charge in [0.25, 0.3) is 0 Å². The highest BCUT2D eigenvalue weighted by molar-refractivity contribution is 7.89. The lowest BCUT2D eigenvalue weighted by Gasteiger charge is -2.25. The maximum absolute atomic E-state index is 12.3. The third-order valence-corrected chi connectivity index (χ3v) is 5.23. The molecule has 1 aliphatic rings. The SMILES string of the molecule is CCCN(C1CC1)S(=O)(=O)C(C)CNCC. The fourth-order valence-electron chi connectivity index (χ4n) is 1.78. The smallest absolute Gasteiger partial charge is 0.218 e. The molecule has 0 bridgehead atoms. The molecule has 1 fully saturated rings. The Morgan fingerprint density at radius 1 is 1.38 bits per heavy atom. The van der Waals surface area contributed by atoms with Crippen LogP contribution in [0.3, 0.4) is 0 Å².